The number of rotatable bonds is 4. The first kappa shape index (κ1) is 14.4. The Morgan fingerprint density at radius 1 is 1.05 bits per heavy atom. The van der Waals surface area contributed by atoms with Gasteiger partial charge in [-0.15, -0.1) is 0 Å². The van der Waals surface area contributed by atoms with Crippen molar-refractivity contribution in [2.24, 2.45) is 0 Å². The Bertz CT molecular complexity index is 551. The lowest BCUT2D eigenvalue weighted by Gasteiger charge is -2.21. The molecule has 0 aliphatic heterocycles. The standard InChI is InChI=1S/C16H17BrClN/c1-3-12-4-7-14(8-5-12)19(2)16-9-6-13(11-17)10-15(16)18/h4-10H,3,11H2,1-2H3. The Hall–Kier alpha value is -0.990. The van der Waals surface area contributed by atoms with Crippen molar-refractivity contribution in [1.82, 2.24) is 0 Å². The van der Waals surface area contributed by atoms with E-state index in [9.17, 15) is 0 Å². The quantitative estimate of drug-likeness (QED) is 0.659. The molecule has 0 radical (unpaired) electrons. The van der Waals surface area contributed by atoms with Crippen molar-refractivity contribution in [3.8, 4) is 0 Å². The van der Waals surface area contributed by atoms with Crippen LogP contribution in [0.15, 0.2) is 42.5 Å². The number of anilines is 2. The minimum absolute atomic E-state index is 0.777. The molecule has 0 aliphatic carbocycles. The molecule has 100 valence electrons. The fraction of sp³-hybridized carbons (Fsp3) is 0.250. The molecule has 1 nitrogen and oxygen atoms in total. The van der Waals surface area contributed by atoms with Gasteiger partial charge in [-0.3, -0.25) is 0 Å². The van der Waals surface area contributed by atoms with Crippen LogP contribution in [0.25, 0.3) is 0 Å². The van der Waals surface area contributed by atoms with Gasteiger partial charge in [0.05, 0.1) is 10.7 Å². The lowest BCUT2D eigenvalue weighted by Crippen LogP contribution is -2.10. The summed E-state index contributed by atoms with van der Waals surface area (Å²) < 4.78 is 0. The first-order valence-corrected chi connectivity index (χ1v) is 7.82. The second kappa shape index (κ2) is 6.44. The van der Waals surface area contributed by atoms with Crippen molar-refractivity contribution in [3.63, 3.8) is 0 Å². The fourth-order valence-corrected chi connectivity index (χ4v) is 2.68. The van der Waals surface area contributed by atoms with E-state index in [2.05, 4.69) is 64.2 Å². The van der Waals surface area contributed by atoms with Crippen LogP contribution in [0.3, 0.4) is 0 Å². The molecule has 2 aromatic rings. The first-order chi connectivity index (χ1) is 9.15. The van der Waals surface area contributed by atoms with Crippen molar-refractivity contribution in [3.05, 3.63) is 58.6 Å². The maximum Gasteiger partial charge on any atom is 0.0646 e. The Morgan fingerprint density at radius 2 is 1.68 bits per heavy atom. The normalized spacial score (nSPS) is 10.5. The monoisotopic (exact) mass is 337 g/mol. The summed E-state index contributed by atoms with van der Waals surface area (Å²) in [6, 6.07) is 14.7. The maximum absolute atomic E-state index is 6.35. The Balaban J connectivity index is 2.29. The van der Waals surface area contributed by atoms with Crippen molar-refractivity contribution in [2.45, 2.75) is 18.7 Å². The molecule has 0 atom stereocenters. The summed E-state index contributed by atoms with van der Waals surface area (Å²) in [7, 11) is 2.04. The molecule has 0 saturated heterocycles. The van der Waals surface area contributed by atoms with Gasteiger partial charge in [-0.05, 0) is 41.8 Å². The number of alkyl halides is 1. The summed E-state index contributed by atoms with van der Waals surface area (Å²) in [5, 5.41) is 1.60. The van der Waals surface area contributed by atoms with Gasteiger partial charge < -0.3 is 4.90 Å². The Labute approximate surface area is 128 Å². The predicted octanol–water partition coefficient (Wildman–Crippen LogP) is 5.57. The zero-order valence-electron chi connectivity index (χ0n) is 11.2. The van der Waals surface area contributed by atoms with Crippen LogP contribution in [0.5, 0.6) is 0 Å². The van der Waals surface area contributed by atoms with Crippen LogP contribution < -0.4 is 4.90 Å². The van der Waals surface area contributed by atoms with Crippen molar-refractivity contribution >= 4 is 38.9 Å². The molecule has 3 heteroatoms. The van der Waals surface area contributed by atoms with Crippen molar-refractivity contribution < 1.29 is 0 Å². The zero-order chi connectivity index (χ0) is 13.8. The molecule has 0 bridgehead atoms. The first-order valence-electron chi connectivity index (χ1n) is 6.32. The average Bonchev–Trinajstić information content (AvgIpc) is 2.46. The highest BCUT2D eigenvalue weighted by molar-refractivity contribution is 9.08. The molecule has 0 aliphatic rings. The topological polar surface area (TPSA) is 3.24 Å². The number of benzene rings is 2. The predicted molar refractivity (Wildman–Crippen MR) is 88.0 cm³/mol. The molecule has 0 spiro atoms. The molecule has 0 amide bonds. The second-order valence-electron chi connectivity index (χ2n) is 4.50. The Kier molecular flexibility index (Phi) is 4.89. The van der Waals surface area contributed by atoms with Gasteiger partial charge in [0, 0.05) is 18.1 Å². The molecule has 2 rings (SSSR count). The second-order valence-corrected chi connectivity index (χ2v) is 5.47. The third-order valence-corrected chi connectivity index (χ3v) is 4.21. The van der Waals surface area contributed by atoms with Crippen LogP contribution in [0.1, 0.15) is 18.1 Å². The molecular formula is C16H17BrClN. The molecule has 0 aromatic heterocycles. The fourth-order valence-electron chi connectivity index (χ4n) is 2.00. The SMILES string of the molecule is CCc1ccc(N(C)c2ccc(CBr)cc2Cl)cc1. The summed E-state index contributed by atoms with van der Waals surface area (Å²) in [6.45, 7) is 2.16. The Morgan fingerprint density at radius 3 is 2.21 bits per heavy atom. The van der Waals surface area contributed by atoms with Crippen LogP contribution in [0, 0.1) is 0 Å². The highest BCUT2D eigenvalue weighted by Gasteiger charge is 2.08. The van der Waals surface area contributed by atoms with E-state index in [0.717, 1.165) is 28.1 Å². The van der Waals surface area contributed by atoms with E-state index < -0.39 is 0 Å². The van der Waals surface area contributed by atoms with Gasteiger partial charge in [0.15, 0.2) is 0 Å². The van der Waals surface area contributed by atoms with Crippen LogP contribution >= 0.6 is 27.5 Å². The molecule has 0 unspecified atom stereocenters. The van der Waals surface area contributed by atoms with Crippen LogP contribution in [0.4, 0.5) is 11.4 Å². The van der Waals surface area contributed by atoms with Gasteiger partial charge in [0.2, 0.25) is 0 Å². The van der Waals surface area contributed by atoms with E-state index in [0.29, 0.717) is 0 Å². The highest BCUT2D eigenvalue weighted by Crippen LogP contribution is 2.31. The third-order valence-electron chi connectivity index (χ3n) is 3.26. The van der Waals surface area contributed by atoms with E-state index in [1.165, 1.54) is 11.1 Å². The largest absolute Gasteiger partial charge is 0.343 e. The average molecular weight is 339 g/mol. The number of halogens is 2. The number of hydrogen-bond donors (Lipinski definition) is 0. The molecule has 0 heterocycles. The molecular weight excluding hydrogens is 322 g/mol. The number of hydrogen-bond acceptors (Lipinski definition) is 1. The molecule has 2 aromatic carbocycles. The summed E-state index contributed by atoms with van der Waals surface area (Å²) >= 11 is 9.79. The minimum atomic E-state index is 0.777. The summed E-state index contributed by atoms with van der Waals surface area (Å²) in [5.41, 5.74) is 4.70. The van der Waals surface area contributed by atoms with Gasteiger partial charge in [-0.2, -0.15) is 0 Å². The third kappa shape index (κ3) is 3.31. The number of aryl methyl sites for hydroxylation is 1. The van der Waals surface area contributed by atoms with E-state index in [4.69, 9.17) is 11.6 Å². The molecule has 0 N–H and O–H groups in total. The van der Waals surface area contributed by atoms with Crippen LogP contribution in [-0.4, -0.2) is 7.05 Å². The molecule has 19 heavy (non-hydrogen) atoms. The van der Waals surface area contributed by atoms with Gasteiger partial charge in [0.1, 0.15) is 0 Å². The highest BCUT2D eigenvalue weighted by atomic mass is 79.9. The molecule has 0 fully saturated rings. The summed E-state index contributed by atoms with van der Waals surface area (Å²) in [6.07, 6.45) is 1.06. The number of nitrogens with zero attached hydrogens (tertiary/aromatic N) is 1. The van der Waals surface area contributed by atoms with Crippen LogP contribution in [0.2, 0.25) is 5.02 Å². The van der Waals surface area contributed by atoms with E-state index >= 15 is 0 Å². The van der Waals surface area contributed by atoms with Gasteiger partial charge in [-0.25, -0.2) is 0 Å². The molecule has 0 saturated carbocycles. The minimum Gasteiger partial charge on any atom is -0.343 e. The van der Waals surface area contributed by atoms with Gasteiger partial charge >= 0.3 is 0 Å². The maximum atomic E-state index is 6.35. The lowest BCUT2D eigenvalue weighted by atomic mass is 10.1. The smallest absolute Gasteiger partial charge is 0.0646 e. The van der Waals surface area contributed by atoms with Gasteiger partial charge in [-0.1, -0.05) is 52.7 Å². The summed E-state index contributed by atoms with van der Waals surface area (Å²) in [4.78, 5) is 2.11. The van der Waals surface area contributed by atoms with Crippen molar-refractivity contribution in [1.29, 1.82) is 0 Å². The van der Waals surface area contributed by atoms with Crippen LogP contribution in [-0.2, 0) is 11.8 Å². The van der Waals surface area contributed by atoms with E-state index in [-0.39, 0.29) is 0 Å². The van der Waals surface area contributed by atoms with Gasteiger partial charge in [0.25, 0.3) is 0 Å². The zero-order valence-corrected chi connectivity index (χ0v) is 13.5. The van der Waals surface area contributed by atoms with Crippen molar-refractivity contribution in [2.75, 3.05) is 11.9 Å². The lowest BCUT2D eigenvalue weighted by molar-refractivity contribution is 1.13. The summed E-state index contributed by atoms with van der Waals surface area (Å²) in [5.74, 6) is 0. The van der Waals surface area contributed by atoms with E-state index in [1.807, 2.05) is 13.1 Å². The van der Waals surface area contributed by atoms with E-state index in [1.54, 1.807) is 0 Å².